The van der Waals surface area contributed by atoms with E-state index in [-0.39, 0.29) is 0 Å². The summed E-state index contributed by atoms with van der Waals surface area (Å²) in [5, 5.41) is 3.51. The van der Waals surface area contributed by atoms with Crippen LogP contribution in [0.4, 0.5) is 0 Å². The van der Waals surface area contributed by atoms with Crippen molar-refractivity contribution < 1.29 is 0 Å². The molecule has 1 heteroatoms. The smallest absolute Gasteiger partial charge is 0.00725 e. The highest BCUT2D eigenvalue weighted by atomic mass is 14.9. The largest absolute Gasteiger partial charge is 0.314 e. The molecule has 0 aromatic rings. The predicted molar refractivity (Wildman–Crippen MR) is 45.1 cm³/mol. The van der Waals surface area contributed by atoms with E-state index in [1.165, 1.54) is 25.8 Å². The van der Waals surface area contributed by atoms with Crippen molar-refractivity contribution in [1.29, 1.82) is 0 Å². The molecule has 1 unspecified atom stereocenters. The van der Waals surface area contributed by atoms with Crippen molar-refractivity contribution in [2.45, 2.75) is 46.1 Å². The van der Waals surface area contributed by atoms with Crippen molar-refractivity contribution in [3.63, 3.8) is 0 Å². The Morgan fingerprint density at radius 2 is 2.10 bits per heavy atom. The Morgan fingerprint density at radius 1 is 1.40 bits per heavy atom. The molecule has 1 atom stereocenters. The van der Waals surface area contributed by atoms with Crippen LogP contribution in [0.15, 0.2) is 0 Å². The number of nitrogens with one attached hydrogen (secondary N) is 1. The van der Waals surface area contributed by atoms with Crippen molar-refractivity contribution >= 4 is 0 Å². The van der Waals surface area contributed by atoms with Crippen molar-refractivity contribution in [3.8, 4) is 0 Å². The maximum atomic E-state index is 3.51. The van der Waals surface area contributed by atoms with Gasteiger partial charge in [0.05, 0.1) is 0 Å². The quantitative estimate of drug-likeness (QED) is 0.590. The molecule has 1 aliphatic heterocycles. The summed E-state index contributed by atoms with van der Waals surface area (Å²) >= 11 is 0. The van der Waals surface area contributed by atoms with E-state index in [2.05, 4.69) is 26.1 Å². The first-order valence-electron chi connectivity index (χ1n) is 4.31. The van der Waals surface area contributed by atoms with Gasteiger partial charge in [-0.1, -0.05) is 20.8 Å². The zero-order valence-corrected chi connectivity index (χ0v) is 7.41. The first-order chi connectivity index (χ1) is 4.58. The van der Waals surface area contributed by atoms with Crippen LogP contribution in [0.3, 0.4) is 0 Å². The van der Waals surface area contributed by atoms with Crippen LogP contribution in [0, 0.1) is 5.41 Å². The number of hydrogen-bond donors (Lipinski definition) is 1. The third kappa shape index (κ3) is 2.70. The topological polar surface area (TPSA) is 12.0 Å². The van der Waals surface area contributed by atoms with Gasteiger partial charge in [0.2, 0.25) is 0 Å². The Bertz CT molecular complexity index is 95.8. The van der Waals surface area contributed by atoms with Crippen LogP contribution in [0.1, 0.15) is 40.0 Å². The first-order valence-corrected chi connectivity index (χ1v) is 4.31. The van der Waals surface area contributed by atoms with Crippen LogP contribution >= 0.6 is 0 Å². The Kier molecular flexibility index (Phi) is 2.35. The molecule has 0 amide bonds. The molecule has 1 heterocycles. The van der Waals surface area contributed by atoms with Crippen LogP contribution in [-0.4, -0.2) is 12.6 Å². The third-order valence-electron chi connectivity index (χ3n) is 2.02. The summed E-state index contributed by atoms with van der Waals surface area (Å²) in [5.74, 6) is 0. The fourth-order valence-electron chi connectivity index (χ4n) is 1.67. The van der Waals surface area contributed by atoms with Gasteiger partial charge in [-0.2, -0.15) is 0 Å². The average molecular weight is 141 g/mol. The molecular weight excluding hydrogens is 122 g/mol. The molecule has 0 spiro atoms. The molecule has 10 heavy (non-hydrogen) atoms. The summed E-state index contributed by atoms with van der Waals surface area (Å²) in [6.45, 7) is 8.17. The number of hydrogen-bond acceptors (Lipinski definition) is 1. The molecule has 1 aliphatic rings. The van der Waals surface area contributed by atoms with Gasteiger partial charge in [0.1, 0.15) is 0 Å². The lowest BCUT2D eigenvalue weighted by molar-refractivity contribution is 0.325. The van der Waals surface area contributed by atoms with E-state index in [1.807, 2.05) is 0 Å². The lowest BCUT2D eigenvalue weighted by Gasteiger charge is -2.22. The van der Waals surface area contributed by atoms with Crippen LogP contribution in [0.5, 0.6) is 0 Å². The number of rotatable bonds is 1. The SMILES string of the molecule is CC(C)(C)CC1CCCN1. The molecule has 1 N–H and O–H groups in total. The molecule has 60 valence electrons. The highest BCUT2D eigenvalue weighted by Gasteiger charge is 2.20. The minimum absolute atomic E-state index is 0.502. The van der Waals surface area contributed by atoms with E-state index in [4.69, 9.17) is 0 Å². The van der Waals surface area contributed by atoms with Gasteiger partial charge in [0, 0.05) is 6.04 Å². The maximum absolute atomic E-state index is 3.51. The second-order valence-electron chi connectivity index (χ2n) is 4.56. The van der Waals surface area contributed by atoms with Gasteiger partial charge >= 0.3 is 0 Å². The van der Waals surface area contributed by atoms with Crippen molar-refractivity contribution in [2.24, 2.45) is 5.41 Å². The predicted octanol–water partition coefficient (Wildman–Crippen LogP) is 2.17. The molecule has 0 radical (unpaired) electrons. The normalized spacial score (nSPS) is 27.3. The van der Waals surface area contributed by atoms with Crippen LogP contribution in [0.2, 0.25) is 0 Å². The monoisotopic (exact) mass is 141 g/mol. The van der Waals surface area contributed by atoms with Gasteiger partial charge in [0.25, 0.3) is 0 Å². The lowest BCUT2D eigenvalue weighted by atomic mass is 9.88. The zero-order valence-electron chi connectivity index (χ0n) is 7.41. The highest BCUT2D eigenvalue weighted by molar-refractivity contribution is 4.78. The van der Waals surface area contributed by atoms with Gasteiger partial charge in [-0.25, -0.2) is 0 Å². The van der Waals surface area contributed by atoms with E-state index >= 15 is 0 Å². The van der Waals surface area contributed by atoms with Gasteiger partial charge < -0.3 is 5.32 Å². The van der Waals surface area contributed by atoms with Crippen molar-refractivity contribution in [3.05, 3.63) is 0 Å². The Balaban J connectivity index is 2.24. The summed E-state index contributed by atoms with van der Waals surface area (Å²) in [6.07, 6.45) is 4.09. The second kappa shape index (κ2) is 2.91. The van der Waals surface area contributed by atoms with Gasteiger partial charge in [-0.15, -0.1) is 0 Å². The molecule has 0 aromatic heterocycles. The molecule has 0 bridgehead atoms. The highest BCUT2D eigenvalue weighted by Crippen LogP contribution is 2.24. The van der Waals surface area contributed by atoms with Gasteiger partial charge in [0.15, 0.2) is 0 Å². The second-order valence-corrected chi connectivity index (χ2v) is 4.56. The Hall–Kier alpha value is -0.0400. The Labute approximate surface area is 64.2 Å². The van der Waals surface area contributed by atoms with E-state index in [0.717, 1.165) is 6.04 Å². The van der Waals surface area contributed by atoms with Crippen LogP contribution in [-0.2, 0) is 0 Å². The molecule has 0 aliphatic carbocycles. The van der Waals surface area contributed by atoms with Gasteiger partial charge in [-0.3, -0.25) is 0 Å². The van der Waals surface area contributed by atoms with Crippen LogP contribution < -0.4 is 5.32 Å². The summed E-state index contributed by atoms with van der Waals surface area (Å²) in [7, 11) is 0. The molecule has 0 saturated carbocycles. The van der Waals surface area contributed by atoms with E-state index in [9.17, 15) is 0 Å². The maximum Gasteiger partial charge on any atom is 0.00725 e. The molecular formula is C9H19N. The first kappa shape index (κ1) is 8.06. The molecule has 0 aromatic carbocycles. The Morgan fingerprint density at radius 3 is 2.50 bits per heavy atom. The zero-order chi connectivity index (χ0) is 7.61. The molecule has 1 rings (SSSR count). The average Bonchev–Trinajstić information content (AvgIpc) is 2.12. The molecule has 1 fully saturated rings. The fraction of sp³-hybridized carbons (Fsp3) is 1.00. The molecule has 1 saturated heterocycles. The van der Waals surface area contributed by atoms with E-state index < -0.39 is 0 Å². The van der Waals surface area contributed by atoms with Crippen LogP contribution in [0.25, 0.3) is 0 Å². The minimum Gasteiger partial charge on any atom is -0.314 e. The summed E-state index contributed by atoms with van der Waals surface area (Å²) in [5.41, 5.74) is 0.502. The van der Waals surface area contributed by atoms with E-state index in [0.29, 0.717) is 5.41 Å². The summed E-state index contributed by atoms with van der Waals surface area (Å²) in [6, 6.07) is 0.806. The third-order valence-corrected chi connectivity index (χ3v) is 2.02. The lowest BCUT2D eigenvalue weighted by Crippen LogP contribution is -2.26. The summed E-state index contributed by atoms with van der Waals surface area (Å²) in [4.78, 5) is 0. The molecule has 1 nitrogen and oxygen atoms in total. The van der Waals surface area contributed by atoms with Crippen molar-refractivity contribution in [2.75, 3.05) is 6.54 Å². The standard InChI is InChI=1S/C9H19N/c1-9(2,3)7-8-5-4-6-10-8/h8,10H,4-7H2,1-3H3. The fourth-order valence-corrected chi connectivity index (χ4v) is 1.67. The van der Waals surface area contributed by atoms with E-state index in [1.54, 1.807) is 0 Å². The van der Waals surface area contributed by atoms with Crippen molar-refractivity contribution in [1.82, 2.24) is 5.32 Å². The minimum atomic E-state index is 0.502. The summed E-state index contributed by atoms with van der Waals surface area (Å²) < 4.78 is 0. The van der Waals surface area contributed by atoms with Gasteiger partial charge in [-0.05, 0) is 31.2 Å².